The minimum absolute atomic E-state index is 0.218. The standard InChI is InChI=1S/C14H18N6O2/c1-2-5-9(16-13(21)10-8-15-14(22)17-10)12-19-18-11-6-3-4-7-20(11)12/h3-4,6-7,9-10H,2,5,8H2,1H3,(H,16,21)(H2,15,17,22). The van der Waals surface area contributed by atoms with Crippen molar-refractivity contribution in [3.8, 4) is 0 Å². The van der Waals surface area contributed by atoms with Crippen molar-refractivity contribution in [3.63, 3.8) is 0 Å². The molecule has 0 radical (unpaired) electrons. The van der Waals surface area contributed by atoms with Gasteiger partial charge in [0, 0.05) is 12.7 Å². The van der Waals surface area contributed by atoms with Crippen molar-refractivity contribution in [3.05, 3.63) is 30.2 Å². The molecular weight excluding hydrogens is 284 g/mol. The number of aromatic nitrogens is 3. The maximum absolute atomic E-state index is 12.3. The molecule has 1 aliphatic rings. The summed E-state index contributed by atoms with van der Waals surface area (Å²) in [6.45, 7) is 2.34. The van der Waals surface area contributed by atoms with Crippen LogP contribution in [0.4, 0.5) is 4.79 Å². The highest BCUT2D eigenvalue weighted by Gasteiger charge is 2.29. The van der Waals surface area contributed by atoms with Crippen molar-refractivity contribution in [2.45, 2.75) is 31.8 Å². The first-order valence-corrected chi connectivity index (χ1v) is 7.33. The summed E-state index contributed by atoms with van der Waals surface area (Å²) < 4.78 is 1.87. The van der Waals surface area contributed by atoms with Crippen molar-refractivity contribution in [1.82, 2.24) is 30.5 Å². The van der Waals surface area contributed by atoms with Crippen LogP contribution in [0.2, 0.25) is 0 Å². The molecule has 2 atom stereocenters. The minimum atomic E-state index is -0.550. The summed E-state index contributed by atoms with van der Waals surface area (Å²) in [4.78, 5) is 23.4. The van der Waals surface area contributed by atoms with Gasteiger partial charge >= 0.3 is 6.03 Å². The Labute approximate surface area is 127 Å². The van der Waals surface area contributed by atoms with Gasteiger partial charge in [-0.2, -0.15) is 0 Å². The average Bonchev–Trinajstić information content (AvgIpc) is 3.13. The smallest absolute Gasteiger partial charge is 0.315 e. The van der Waals surface area contributed by atoms with Crippen LogP contribution < -0.4 is 16.0 Å². The van der Waals surface area contributed by atoms with Crippen LogP contribution in [-0.4, -0.2) is 39.1 Å². The molecule has 0 aliphatic carbocycles. The summed E-state index contributed by atoms with van der Waals surface area (Å²) in [5, 5.41) is 16.4. The molecule has 3 rings (SSSR count). The van der Waals surface area contributed by atoms with E-state index in [2.05, 4.69) is 26.1 Å². The summed E-state index contributed by atoms with van der Waals surface area (Å²) in [5.74, 6) is 0.479. The van der Waals surface area contributed by atoms with E-state index in [4.69, 9.17) is 0 Å². The first-order valence-electron chi connectivity index (χ1n) is 7.33. The normalized spacial score (nSPS) is 18.8. The van der Waals surface area contributed by atoms with Gasteiger partial charge < -0.3 is 16.0 Å². The molecule has 0 bridgehead atoms. The molecule has 116 valence electrons. The van der Waals surface area contributed by atoms with Crippen molar-refractivity contribution >= 4 is 17.6 Å². The lowest BCUT2D eigenvalue weighted by Gasteiger charge is -2.18. The first-order chi connectivity index (χ1) is 10.7. The molecule has 1 aliphatic heterocycles. The second kappa shape index (κ2) is 6.00. The zero-order chi connectivity index (χ0) is 15.5. The number of carbonyl (C=O) groups excluding carboxylic acids is 2. The number of hydrogen-bond donors (Lipinski definition) is 3. The lowest BCUT2D eigenvalue weighted by molar-refractivity contribution is -0.123. The van der Waals surface area contributed by atoms with Gasteiger partial charge in [-0.15, -0.1) is 10.2 Å². The number of hydrogen-bond acceptors (Lipinski definition) is 4. The molecule has 3 amide bonds. The lowest BCUT2D eigenvalue weighted by atomic mass is 10.1. The van der Waals surface area contributed by atoms with Gasteiger partial charge in [0.25, 0.3) is 0 Å². The van der Waals surface area contributed by atoms with Gasteiger partial charge in [-0.05, 0) is 18.6 Å². The van der Waals surface area contributed by atoms with E-state index in [-0.39, 0.29) is 18.0 Å². The van der Waals surface area contributed by atoms with Crippen molar-refractivity contribution in [2.24, 2.45) is 0 Å². The van der Waals surface area contributed by atoms with Gasteiger partial charge in [0.05, 0.1) is 6.04 Å². The number of urea groups is 1. The molecule has 0 aromatic carbocycles. The number of pyridine rings is 1. The van der Waals surface area contributed by atoms with E-state index in [0.717, 1.165) is 18.5 Å². The molecule has 2 aromatic rings. The number of amides is 3. The van der Waals surface area contributed by atoms with E-state index in [1.54, 1.807) is 0 Å². The SMILES string of the molecule is CCCC(NC(=O)C1CNC(=O)N1)c1nnc2ccccn12. The minimum Gasteiger partial charge on any atom is -0.344 e. The van der Waals surface area contributed by atoms with Crippen LogP contribution in [0.15, 0.2) is 24.4 Å². The van der Waals surface area contributed by atoms with E-state index in [1.807, 2.05) is 35.7 Å². The second-order valence-electron chi connectivity index (χ2n) is 5.24. The number of carbonyl (C=O) groups is 2. The molecule has 2 unspecified atom stereocenters. The number of nitrogens with zero attached hydrogens (tertiary/aromatic N) is 3. The Morgan fingerprint density at radius 2 is 2.36 bits per heavy atom. The molecule has 3 heterocycles. The highest BCUT2D eigenvalue weighted by Crippen LogP contribution is 2.18. The summed E-state index contributed by atoms with van der Waals surface area (Å²) in [7, 11) is 0. The molecular formula is C14H18N6O2. The third-order valence-corrected chi connectivity index (χ3v) is 3.63. The van der Waals surface area contributed by atoms with Gasteiger partial charge in [0.15, 0.2) is 11.5 Å². The second-order valence-corrected chi connectivity index (χ2v) is 5.24. The third kappa shape index (κ3) is 2.72. The maximum Gasteiger partial charge on any atom is 0.315 e. The van der Waals surface area contributed by atoms with Crippen LogP contribution in [0.3, 0.4) is 0 Å². The molecule has 0 spiro atoms. The largest absolute Gasteiger partial charge is 0.344 e. The first kappa shape index (κ1) is 14.3. The van der Waals surface area contributed by atoms with Crippen LogP contribution in [0.25, 0.3) is 5.65 Å². The molecule has 0 saturated carbocycles. The van der Waals surface area contributed by atoms with Gasteiger partial charge in [0.2, 0.25) is 5.91 Å². The van der Waals surface area contributed by atoms with Gasteiger partial charge in [-0.3, -0.25) is 9.20 Å². The zero-order valence-corrected chi connectivity index (χ0v) is 12.2. The Kier molecular flexibility index (Phi) is 3.90. The van der Waals surface area contributed by atoms with E-state index < -0.39 is 6.04 Å². The highest BCUT2D eigenvalue weighted by atomic mass is 16.2. The Bertz CT molecular complexity index is 697. The van der Waals surface area contributed by atoms with Crippen LogP contribution >= 0.6 is 0 Å². The van der Waals surface area contributed by atoms with Crippen LogP contribution in [-0.2, 0) is 4.79 Å². The predicted octanol–water partition coefficient (Wildman–Crippen LogP) is 0.368. The van der Waals surface area contributed by atoms with E-state index in [0.29, 0.717) is 12.4 Å². The summed E-state index contributed by atoms with van der Waals surface area (Å²) in [6, 6.07) is 4.54. The Balaban J connectivity index is 1.80. The summed E-state index contributed by atoms with van der Waals surface area (Å²) >= 11 is 0. The molecule has 8 nitrogen and oxygen atoms in total. The van der Waals surface area contributed by atoms with Crippen molar-refractivity contribution in [2.75, 3.05) is 6.54 Å². The van der Waals surface area contributed by atoms with Crippen LogP contribution in [0.5, 0.6) is 0 Å². The number of nitrogens with one attached hydrogen (secondary N) is 3. The molecule has 2 aromatic heterocycles. The summed E-state index contributed by atoms with van der Waals surface area (Å²) in [6.07, 6.45) is 3.51. The fourth-order valence-corrected chi connectivity index (χ4v) is 2.54. The van der Waals surface area contributed by atoms with Crippen molar-refractivity contribution in [1.29, 1.82) is 0 Å². The third-order valence-electron chi connectivity index (χ3n) is 3.63. The molecule has 22 heavy (non-hydrogen) atoms. The molecule has 1 saturated heterocycles. The Hall–Kier alpha value is -2.64. The lowest BCUT2D eigenvalue weighted by Crippen LogP contribution is -2.44. The molecule has 8 heteroatoms. The highest BCUT2D eigenvalue weighted by molar-refractivity contribution is 5.90. The topological polar surface area (TPSA) is 100 Å². The van der Waals surface area contributed by atoms with Crippen LogP contribution in [0, 0.1) is 0 Å². The fraction of sp³-hybridized carbons (Fsp3) is 0.429. The Morgan fingerprint density at radius 3 is 3.09 bits per heavy atom. The quantitative estimate of drug-likeness (QED) is 0.742. The van der Waals surface area contributed by atoms with Crippen LogP contribution in [0.1, 0.15) is 31.6 Å². The molecule has 1 fully saturated rings. The van der Waals surface area contributed by atoms with Gasteiger partial charge in [0.1, 0.15) is 6.04 Å². The fourth-order valence-electron chi connectivity index (χ4n) is 2.54. The van der Waals surface area contributed by atoms with Crippen molar-refractivity contribution < 1.29 is 9.59 Å². The predicted molar refractivity (Wildman–Crippen MR) is 79.1 cm³/mol. The van der Waals surface area contributed by atoms with E-state index in [1.165, 1.54) is 0 Å². The average molecular weight is 302 g/mol. The number of fused-ring (bicyclic) bond motifs is 1. The van der Waals surface area contributed by atoms with Gasteiger partial charge in [-0.1, -0.05) is 19.4 Å². The Morgan fingerprint density at radius 1 is 1.50 bits per heavy atom. The van der Waals surface area contributed by atoms with E-state index in [9.17, 15) is 9.59 Å². The summed E-state index contributed by atoms with van der Waals surface area (Å²) in [5.41, 5.74) is 0.740. The number of rotatable bonds is 5. The molecule has 3 N–H and O–H groups in total. The van der Waals surface area contributed by atoms with E-state index >= 15 is 0 Å². The monoisotopic (exact) mass is 302 g/mol. The van der Waals surface area contributed by atoms with Gasteiger partial charge in [-0.25, -0.2) is 4.79 Å². The maximum atomic E-state index is 12.3. The zero-order valence-electron chi connectivity index (χ0n) is 12.2.